The first-order valence-electron chi connectivity index (χ1n) is 5.58. The van der Waals surface area contributed by atoms with Crippen LogP contribution >= 0.6 is 12.2 Å². The molecule has 1 aromatic heterocycles. The Labute approximate surface area is 101 Å². The number of rotatable bonds is 6. The zero-order chi connectivity index (χ0) is 12.1. The summed E-state index contributed by atoms with van der Waals surface area (Å²) in [6.45, 7) is 5.12. The van der Waals surface area contributed by atoms with Gasteiger partial charge < -0.3 is 15.3 Å². The molecule has 0 atom stereocenters. The number of hydrogen-bond acceptors (Lipinski definition) is 2. The smallest absolute Gasteiger partial charge is 0.217 e. The lowest BCUT2D eigenvalue weighted by molar-refractivity contribution is -0.118. The maximum Gasteiger partial charge on any atom is 0.217 e. The highest BCUT2D eigenvalue weighted by atomic mass is 32.1. The Morgan fingerprint density at radius 1 is 1.56 bits per heavy atom. The molecule has 16 heavy (non-hydrogen) atoms. The normalized spacial score (nSPS) is 10.9. The van der Waals surface area contributed by atoms with Crippen molar-refractivity contribution in [3.8, 4) is 0 Å². The molecule has 5 heteroatoms. The summed E-state index contributed by atoms with van der Waals surface area (Å²) in [5.41, 5.74) is 6.30. The second kappa shape index (κ2) is 5.84. The molecule has 0 saturated carbocycles. The number of carbonyl (C=O) groups is 1. The van der Waals surface area contributed by atoms with Crippen LogP contribution in [0, 0.1) is 4.77 Å². The average molecular weight is 241 g/mol. The van der Waals surface area contributed by atoms with E-state index in [0.29, 0.717) is 12.3 Å². The molecule has 0 saturated heterocycles. The van der Waals surface area contributed by atoms with Crippen molar-refractivity contribution >= 4 is 18.1 Å². The van der Waals surface area contributed by atoms with Crippen LogP contribution in [0.3, 0.4) is 0 Å². The number of carbonyl (C=O) groups excluding carboxylic acids is 1. The Bertz CT molecular complexity index is 406. The predicted molar refractivity (Wildman–Crippen MR) is 66.8 cm³/mol. The maximum atomic E-state index is 10.6. The highest BCUT2D eigenvalue weighted by molar-refractivity contribution is 7.71. The van der Waals surface area contributed by atoms with E-state index in [2.05, 4.69) is 23.4 Å². The second-order valence-electron chi connectivity index (χ2n) is 4.25. The molecular weight excluding hydrogens is 222 g/mol. The monoisotopic (exact) mass is 241 g/mol. The molecule has 1 heterocycles. The third-order valence-electron chi connectivity index (χ3n) is 2.55. The van der Waals surface area contributed by atoms with Crippen LogP contribution in [0.2, 0.25) is 0 Å². The van der Waals surface area contributed by atoms with Crippen LogP contribution in [-0.2, 0) is 11.3 Å². The van der Waals surface area contributed by atoms with E-state index in [1.807, 2.05) is 6.20 Å². The van der Waals surface area contributed by atoms with Crippen molar-refractivity contribution in [2.75, 3.05) is 0 Å². The molecule has 0 aromatic carbocycles. The number of amides is 1. The lowest BCUT2D eigenvalue weighted by Crippen LogP contribution is -2.11. The van der Waals surface area contributed by atoms with Crippen molar-refractivity contribution in [1.82, 2.24) is 9.55 Å². The molecular formula is C11H19N3OS. The summed E-state index contributed by atoms with van der Waals surface area (Å²) in [6.07, 6.45) is 4.16. The van der Waals surface area contributed by atoms with E-state index < -0.39 is 0 Å². The van der Waals surface area contributed by atoms with Crippen LogP contribution in [0.5, 0.6) is 0 Å². The van der Waals surface area contributed by atoms with Gasteiger partial charge in [0.2, 0.25) is 5.91 Å². The summed E-state index contributed by atoms with van der Waals surface area (Å²) in [4.78, 5) is 13.6. The predicted octanol–water partition coefficient (Wildman–Crippen LogP) is 2.32. The van der Waals surface area contributed by atoms with E-state index in [1.54, 1.807) is 0 Å². The highest BCUT2D eigenvalue weighted by Gasteiger charge is 2.07. The van der Waals surface area contributed by atoms with Gasteiger partial charge in [0, 0.05) is 24.9 Å². The fraction of sp³-hybridized carbons (Fsp3) is 0.636. The van der Waals surface area contributed by atoms with Crippen LogP contribution in [-0.4, -0.2) is 15.5 Å². The van der Waals surface area contributed by atoms with Crippen LogP contribution < -0.4 is 5.73 Å². The van der Waals surface area contributed by atoms with Gasteiger partial charge in [-0.05, 0) is 31.0 Å². The first-order valence-corrected chi connectivity index (χ1v) is 5.99. The summed E-state index contributed by atoms with van der Waals surface area (Å²) in [5.74, 6) is 0.214. The molecule has 3 N–H and O–H groups in total. The Morgan fingerprint density at radius 2 is 2.25 bits per heavy atom. The van der Waals surface area contributed by atoms with Gasteiger partial charge in [-0.15, -0.1) is 0 Å². The zero-order valence-corrected chi connectivity index (χ0v) is 10.6. The summed E-state index contributed by atoms with van der Waals surface area (Å²) < 4.78 is 2.85. The van der Waals surface area contributed by atoms with Gasteiger partial charge in [0.15, 0.2) is 4.77 Å². The van der Waals surface area contributed by atoms with E-state index in [4.69, 9.17) is 18.0 Å². The minimum absolute atomic E-state index is 0.234. The second-order valence-corrected chi connectivity index (χ2v) is 4.64. The van der Waals surface area contributed by atoms with Crippen LogP contribution in [0.25, 0.3) is 0 Å². The molecule has 1 amide bonds. The van der Waals surface area contributed by atoms with Gasteiger partial charge in [-0.25, -0.2) is 0 Å². The van der Waals surface area contributed by atoms with Gasteiger partial charge in [0.1, 0.15) is 0 Å². The number of aromatic amines is 1. The van der Waals surface area contributed by atoms with Crippen molar-refractivity contribution < 1.29 is 4.79 Å². The Balaban J connectivity index is 2.56. The summed E-state index contributed by atoms with van der Waals surface area (Å²) >= 11 is 5.21. The van der Waals surface area contributed by atoms with Gasteiger partial charge in [-0.3, -0.25) is 4.79 Å². The van der Waals surface area contributed by atoms with E-state index >= 15 is 0 Å². The lowest BCUT2D eigenvalue weighted by atomic mass is 10.1. The van der Waals surface area contributed by atoms with Crippen molar-refractivity contribution in [2.45, 2.75) is 45.6 Å². The quantitative estimate of drug-likeness (QED) is 0.593. The standard InChI is InChI=1S/C11H19N3OS/c1-8(2)9-7-13-11(16)14(9)6-4-3-5-10(12)15/h7-8H,3-6H2,1-2H3,(H2,12,15)(H,13,16). The number of aromatic nitrogens is 2. The first-order chi connectivity index (χ1) is 7.52. The number of H-pyrrole nitrogens is 1. The van der Waals surface area contributed by atoms with Gasteiger partial charge in [-0.1, -0.05) is 13.8 Å². The van der Waals surface area contributed by atoms with E-state index in [-0.39, 0.29) is 5.91 Å². The molecule has 1 aromatic rings. The molecule has 4 nitrogen and oxygen atoms in total. The number of imidazole rings is 1. The minimum atomic E-state index is -0.234. The molecule has 0 fully saturated rings. The Hall–Kier alpha value is -1.10. The third-order valence-corrected chi connectivity index (χ3v) is 2.89. The Morgan fingerprint density at radius 3 is 2.81 bits per heavy atom. The average Bonchev–Trinajstić information content (AvgIpc) is 2.54. The fourth-order valence-electron chi connectivity index (χ4n) is 1.69. The number of primary amides is 1. The lowest BCUT2D eigenvalue weighted by Gasteiger charge is -2.10. The summed E-state index contributed by atoms with van der Waals surface area (Å²) in [6, 6.07) is 0. The minimum Gasteiger partial charge on any atom is -0.370 e. The van der Waals surface area contributed by atoms with E-state index in [0.717, 1.165) is 24.2 Å². The first kappa shape index (κ1) is 13.0. The number of nitrogens with two attached hydrogens (primary N) is 1. The fourth-order valence-corrected chi connectivity index (χ4v) is 1.94. The number of nitrogens with one attached hydrogen (secondary N) is 1. The maximum absolute atomic E-state index is 10.6. The van der Waals surface area contributed by atoms with Gasteiger partial charge in [0.25, 0.3) is 0 Å². The number of hydrogen-bond donors (Lipinski definition) is 2. The summed E-state index contributed by atoms with van der Waals surface area (Å²) in [7, 11) is 0. The molecule has 0 unspecified atom stereocenters. The van der Waals surface area contributed by atoms with Crippen molar-refractivity contribution in [3.05, 3.63) is 16.7 Å². The van der Waals surface area contributed by atoms with Crippen LogP contribution in [0.4, 0.5) is 0 Å². The van der Waals surface area contributed by atoms with E-state index in [1.165, 1.54) is 5.69 Å². The van der Waals surface area contributed by atoms with Crippen molar-refractivity contribution in [2.24, 2.45) is 5.73 Å². The van der Waals surface area contributed by atoms with E-state index in [9.17, 15) is 4.79 Å². The Kier molecular flexibility index (Phi) is 4.73. The zero-order valence-electron chi connectivity index (χ0n) is 9.82. The molecule has 0 spiro atoms. The van der Waals surface area contributed by atoms with Crippen molar-refractivity contribution in [3.63, 3.8) is 0 Å². The molecule has 0 aliphatic rings. The highest BCUT2D eigenvalue weighted by Crippen LogP contribution is 2.15. The third kappa shape index (κ3) is 3.48. The van der Waals surface area contributed by atoms with Gasteiger partial charge in [0.05, 0.1) is 0 Å². The largest absolute Gasteiger partial charge is 0.370 e. The number of nitrogens with zero attached hydrogens (tertiary/aromatic N) is 1. The molecule has 0 aliphatic heterocycles. The van der Waals surface area contributed by atoms with Crippen molar-refractivity contribution in [1.29, 1.82) is 0 Å². The summed E-state index contributed by atoms with van der Waals surface area (Å²) in [5, 5.41) is 0. The molecule has 0 radical (unpaired) electrons. The SMILES string of the molecule is CC(C)c1c[nH]c(=S)n1CCCCC(N)=O. The van der Waals surface area contributed by atoms with Crippen LogP contribution in [0.1, 0.15) is 44.7 Å². The number of unbranched alkanes of at least 4 members (excludes halogenated alkanes) is 1. The molecule has 1 rings (SSSR count). The topological polar surface area (TPSA) is 63.8 Å². The van der Waals surface area contributed by atoms with Gasteiger partial charge in [-0.2, -0.15) is 0 Å². The molecule has 0 bridgehead atoms. The molecule has 90 valence electrons. The van der Waals surface area contributed by atoms with Gasteiger partial charge >= 0.3 is 0 Å². The molecule has 0 aliphatic carbocycles. The van der Waals surface area contributed by atoms with Crippen LogP contribution in [0.15, 0.2) is 6.20 Å².